The summed E-state index contributed by atoms with van der Waals surface area (Å²) in [5.74, 6) is 2.02. The molecule has 0 saturated heterocycles. The van der Waals surface area contributed by atoms with Crippen LogP contribution in [0.2, 0.25) is 0 Å². The largest absolute Gasteiger partial charge is 0.396 e. The monoisotopic (exact) mass is 200 g/mol. The number of hydrogen-bond donors (Lipinski definition) is 2. The highest BCUT2D eigenvalue weighted by atomic mass is 32.2. The minimum absolute atomic E-state index is 0.195. The first kappa shape index (κ1) is 10.8. The lowest BCUT2D eigenvalue weighted by Crippen LogP contribution is -2.46. The smallest absolute Gasteiger partial charge is 0.118 e. The summed E-state index contributed by atoms with van der Waals surface area (Å²) < 4.78 is 0. The maximum absolute atomic E-state index is 9.10. The van der Waals surface area contributed by atoms with Crippen molar-refractivity contribution in [3.05, 3.63) is 0 Å². The van der Waals surface area contributed by atoms with Crippen molar-refractivity contribution >= 4 is 11.8 Å². The number of hydrogen-bond acceptors (Lipinski definition) is 4. The molecular weight excluding hydrogens is 184 g/mol. The van der Waals surface area contributed by atoms with Gasteiger partial charge in [-0.2, -0.15) is 17.0 Å². The van der Waals surface area contributed by atoms with Crippen LogP contribution < -0.4 is 5.32 Å². The fourth-order valence-electron chi connectivity index (χ4n) is 1.45. The number of nitriles is 1. The zero-order chi connectivity index (χ0) is 9.73. The van der Waals surface area contributed by atoms with Crippen LogP contribution in [0.15, 0.2) is 0 Å². The molecule has 0 aromatic heterocycles. The summed E-state index contributed by atoms with van der Waals surface area (Å²) in [4.78, 5) is 0. The Morgan fingerprint density at radius 3 is 2.77 bits per heavy atom. The molecule has 0 amide bonds. The van der Waals surface area contributed by atoms with E-state index in [4.69, 9.17) is 10.4 Å². The lowest BCUT2D eigenvalue weighted by Gasteiger charge is -2.25. The second-order valence-corrected chi connectivity index (χ2v) is 4.49. The predicted octanol–water partition coefficient (Wildman–Crippen LogP) is 0.604. The maximum atomic E-state index is 9.10. The van der Waals surface area contributed by atoms with Gasteiger partial charge in [-0.15, -0.1) is 0 Å². The molecule has 0 spiro atoms. The van der Waals surface area contributed by atoms with Crippen molar-refractivity contribution < 1.29 is 5.11 Å². The highest BCUT2D eigenvalue weighted by molar-refractivity contribution is 7.99. The van der Waals surface area contributed by atoms with Gasteiger partial charge in [0, 0.05) is 11.5 Å². The molecule has 1 aliphatic rings. The van der Waals surface area contributed by atoms with Gasteiger partial charge in [-0.3, -0.25) is 0 Å². The normalized spacial score (nSPS) is 20.7. The Labute approximate surface area is 83.5 Å². The molecule has 0 heterocycles. The van der Waals surface area contributed by atoms with Crippen LogP contribution >= 0.6 is 11.8 Å². The minimum Gasteiger partial charge on any atom is -0.396 e. The second-order valence-electron chi connectivity index (χ2n) is 3.38. The summed E-state index contributed by atoms with van der Waals surface area (Å²) in [5.41, 5.74) is -0.347. The quantitative estimate of drug-likeness (QED) is 0.617. The van der Waals surface area contributed by atoms with Crippen LogP contribution in [0.4, 0.5) is 0 Å². The zero-order valence-corrected chi connectivity index (χ0v) is 8.73. The molecule has 1 rings (SSSR count). The van der Waals surface area contributed by atoms with Crippen LogP contribution in [0.25, 0.3) is 0 Å². The molecule has 2 N–H and O–H groups in total. The zero-order valence-electron chi connectivity index (χ0n) is 7.92. The van der Waals surface area contributed by atoms with E-state index in [1.54, 1.807) is 11.8 Å². The van der Waals surface area contributed by atoms with Gasteiger partial charge in [0.2, 0.25) is 0 Å². The van der Waals surface area contributed by atoms with E-state index in [0.717, 1.165) is 24.3 Å². The van der Waals surface area contributed by atoms with Gasteiger partial charge in [-0.05, 0) is 25.8 Å². The number of nitrogens with zero attached hydrogens (tertiary/aromatic N) is 1. The summed E-state index contributed by atoms with van der Waals surface area (Å²) in [6.45, 7) is 0.195. The van der Waals surface area contributed by atoms with E-state index in [0.29, 0.717) is 5.92 Å². The third-order valence-corrected chi connectivity index (χ3v) is 3.62. The molecule has 1 fully saturated rings. The van der Waals surface area contributed by atoms with Gasteiger partial charge in [-0.1, -0.05) is 0 Å². The van der Waals surface area contributed by atoms with Crippen LogP contribution in [0.1, 0.15) is 12.8 Å². The van der Waals surface area contributed by atoms with Crippen molar-refractivity contribution in [1.82, 2.24) is 5.32 Å². The Balaban J connectivity index is 2.41. The highest BCUT2D eigenvalue weighted by Crippen LogP contribution is 2.40. The Morgan fingerprint density at radius 1 is 1.69 bits per heavy atom. The van der Waals surface area contributed by atoms with E-state index in [2.05, 4.69) is 11.4 Å². The summed E-state index contributed by atoms with van der Waals surface area (Å²) >= 11 is 1.64. The fraction of sp³-hybridized carbons (Fsp3) is 0.889. The topological polar surface area (TPSA) is 56.0 Å². The van der Waals surface area contributed by atoms with Crippen molar-refractivity contribution in [3.63, 3.8) is 0 Å². The van der Waals surface area contributed by atoms with E-state index in [1.165, 1.54) is 0 Å². The molecule has 74 valence electrons. The van der Waals surface area contributed by atoms with E-state index in [9.17, 15) is 0 Å². The lowest BCUT2D eigenvalue weighted by atomic mass is 9.98. The van der Waals surface area contributed by atoms with Crippen molar-refractivity contribution in [3.8, 4) is 6.07 Å². The van der Waals surface area contributed by atoms with Gasteiger partial charge >= 0.3 is 0 Å². The van der Waals surface area contributed by atoms with Crippen LogP contribution in [0.3, 0.4) is 0 Å². The lowest BCUT2D eigenvalue weighted by molar-refractivity contribution is 0.322. The average molecular weight is 200 g/mol. The summed E-state index contributed by atoms with van der Waals surface area (Å²) in [5, 5.41) is 20.9. The number of aliphatic hydroxyl groups is 1. The first-order valence-corrected chi connectivity index (χ1v) is 5.73. The summed E-state index contributed by atoms with van der Waals surface area (Å²) in [6, 6.07) is 2.37. The van der Waals surface area contributed by atoms with E-state index >= 15 is 0 Å². The Hall–Kier alpha value is -0.240. The SMILES string of the molecule is CNC(C#N)(CSCCO)C1CC1. The van der Waals surface area contributed by atoms with E-state index in [-0.39, 0.29) is 12.1 Å². The number of thioether (sulfide) groups is 1. The first-order chi connectivity index (χ1) is 6.29. The first-order valence-electron chi connectivity index (χ1n) is 4.58. The van der Waals surface area contributed by atoms with Gasteiger partial charge < -0.3 is 10.4 Å². The third kappa shape index (κ3) is 2.60. The molecule has 0 radical (unpaired) electrons. The fourth-order valence-corrected chi connectivity index (χ4v) is 2.49. The molecule has 0 aliphatic heterocycles. The number of aliphatic hydroxyl groups excluding tert-OH is 1. The Morgan fingerprint density at radius 2 is 2.38 bits per heavy atom. The molecule has 0 aromatic carbocycles. The van der Waals surface area contributed by atoms with Crippen LogP contribution in [-0.2, 0) is 0 Å². The van der Waals surface area contributed by atoms with Crippen molar-refractivity contribution in [2.45, 2.75) is 18.4 Å². The van der Waals surface area contributed by atoms with E-state index < -0.39 is 0 Å². The molecule has 0 aromatic rings. The van der Waals surface area contributed by atoms with E-state index in [1.807, 2.05) is 7.05 Å². The number of rotatable bonds is 6. The molecule has 4 heteroatoms. The summed E-state index contributed by atoms with van der Waals surface area (Å²) in [6.07, 6.45) is 2.32. The van der Waals surface area contributed by atoms with Gasteiger partial charge in [0.15, 0.2) is 0 Å². The molecule has 13 heavy (non-hydrogen) atoms. The maximum Gasteiger partial charge on any atom is 0.118 e. The Bertz CT molecular complexity index is 200. The minimum atomic E-state index is -0.347. The van der Waals surface area contributed by atoms with Crippen molar-refractivity contribution in [2.75, 3.05) is 25.2 Å². The van der Waals surface area contributed by atoms with Gasteiger partial charge in [0.05, 0.1) is 12.7 Å². The van der Waals surface area contributed by atoms with Crippen molar-refractivity contribution in [1.29, 1.82) is 5.26 Å². The van der Waals surface area contributed by atoms with Gasteiger partial charge in [0.25, 0.3) is 0 Å². The van der Waals surface area contributed by atoms with Gasteiger partial charge in [-0.25, -0.2) is 0 Å². The molecule has 3 nitrogen and oxygen atoms in total. The standard InChI is InChI=1S/C9H16N2OS/c1-11-9(6-10,8-2-3-8)7-13-5-4-12/h8,11-12H,2-5,7H2,1H3. The van der Waals surface area contributed by atoms with Crippen LogP contribution in [0, 0.1) is 17.2 Å². The highest BCUT2D eigenvalue weighted by Gasteiger charge is 2.44. The molecule has 1 aliphatic carbocycles. The predicted molar refractivity (Wildman–Crippen MR) is 54.5 cm³/mol. The second kappa shape index (κ2) is 4.85. The third-order valence-electron chi connectivity index (χ3n) is 2.49. The van der Waals surface area contributed by atoms with Gasteiger partial charge in [0.1, 0.15) is 5.54 Å². The molecule has 1 saturated carbocycles. The molecule has 0 bridgehead atoms. The number of nitrogens with one attached hydrogen (secondary N) is 1. The summed E-state index contributed by atoms with van der Waals surface area (Å²) in [7, 11) is 1.85. The van der Waals surface area contributed by atoms with Crippen LogP contribution in [-0.4, -0.2) is 35.8 Å². The molecular formula is C9H16N2OS. The average Bonchev–Trinajstić information content (AvgIpc) is 2.97. The Kier molecular flexibility index (Phi) is 4.04. The van der Waals surface area contributed by atoms with Crippen molar-refractivity contribution in [2.24, 2.45) is 5.92 Å². The molecule has 1 unspecified atom stereocenters. The molecule has 1 atom stereocenters. The van der Waals surface area contributed by atoms with Crippen LogP contribution in [0.5, 0.6) is 0 Å².